The molecule has 0 radical (unpaired) electrons. The van der Waals surface area contributed by atoms with E-state index in [9.17, 15) is 4.57 Å². The summed E-state index contributed by atoms with van der Waals surface area (Å²) in [6, 6.07) is 0. The highest BCUT2D eigenvalue weighted by Gasteiger charge is 2.20. The van der Waals surface area contributed by atoms with Crippen molar-refractivity contribution in [2.45, 2.75) is 33.6 Å². The molecule has 0 aliphatic heterocycles. The number of hydrogen-bond acceptors (Lipinski definition) is 3. The molecule has 0 N–H and O–H groups in total. The molecular formula is C11H21O3P. The third kappa shape index (κ3) is 7.55. The number of rotatable bonds is 8. The molecule has 0 saturated carbocycles. The maximum atomic E-state index is 12.1. The van der Waals surface area contributed by atoms with Crippen LogP contribution in [0, 0.1) is 0 Å². The first-order valence-corrected chi connectivity index (χ1v) is 6.81. The van der Waals surface area contributed by atoms with Crippen molar-refractivity contribution >= 4 is 7.60 Å². The second-order valence-corrected chi connectivity index (χ2v) is 5.37. The van der Waals surface area contributed by atoms with Crippen LogP contribution in [0.2, 0.25) is 0 Å². The molecule has 0 aliphatic carbocycles. The third-order valence-corrected chi connectivity index (χ3v) is 3.44. The summed E-state index contributed by atoms with van der Waals surface area (Å²) in [6.07, 6.45) is 3.46. The van der Waals surface area contributed by atoms with Gasteiger partial charge in [-0.25, -0.2) is 0 Å². The van der Waals surface area contributed by atoms with Crippen LogP contribution >= 0.6 is 7.60 Å². The van der Waals surface area contributed by atoms with E-state index in [0.717, 1.165) is 18.4 Å². The minimum absolute atomic E-state index is 0.243. The predicted octanol–water partition coefficient (Wildman–Crippen LogP) is 4.12. The van der Waals surface area contributed by atoms with Crippen molar-refractivity contribution in [3.63, 3.8) is 0 Å². The summed E-state index contributed by atoms with van der Waals surface area (Å²) < 4.78 is 22.6. The monoisotopic (exact) mass is 232 g/mol. The molecule has 0 bridgehead atoms. The van der Waals surface area contributed by atoms with Gasteiger partial charge in [-0.15, -0.1) is 6.58 Å². The molecule has 0 amide bonds. The lowest BCUT2D eigenvalue weighted by molar-refractivity contribution is 0.224. The first-order valence-electron chi connectivity index (χ1n) is 5.20. The van der Waals surface area contributed by atoms with Crippen molar-refractivity contribution in [3.8, 4) is 0 Å². The van der Waals surface area contributed by atoms with E-state index in [2.05, 4.69) is 13.5 Å². The van der Waals surface area contributed by atoms with Gasteiger partial charge in [-0.3, -0.25) is 4.57 Å². The molecule has 0 saturated heterocycles. The maximum Gasteiger partial charge on any atom is 0.354 e. The van der Waals surface area contributed by atoms with Gasteiger partial charge in [0.1, 0.15) is 0 Å². The molecule has 3 nitrogen and oxygen atoms in total. The summed E-state index contributed by atoms with van der Waals surface area (Å²) in [7, 11) is -3.05. The Morgan fingerprint density at radius 1 is 1.40 bits per heavy atom. The molecule has 4 heteroatoms. The Hall–Kier alpha value is -0.370. The Labute approximate surface area is 92.7 Å². The van der Waals surface area contributed by atoms with E-state index in [4.69, 9.17) is 9.05 Å². The molecule has 15 heavy (non-hydrogen) atoms. The molecule has 1 atom stereocenters. The van der Waals surface area contributed by atoms with Crippen LogP contribution < -0.4 is 0 Å². The Bertz CT molecular complexity index is 255. The zero-order valence-electron chi connectivity index (χ0n) is 9.86. The quantitative estimate of drug-likeness (QED) is 0.358. The topological polar surface area (TPSA) is 35.5 Å². The highest BCUT2D eigenvalue weighted by Crippen LogP contribution is 2.50. The van der Waals surface area contributed by atoms with Crippen LogP contribution in [0.5, 0.6) is 0 Å². The Morgan fingerprint density at radius 2 is 2.07 bits per heavy atom. The average Bonchev–Trinajstić information content (AvgIpc) is 2.14. The zero-order valence-corrected chi connectivity index (χ0v) is 10.8. The summed E-state index contributed by atoms with van der Waals surface area (Å²) >= 11 is 0. The summed E-state index contributed by atoms with van der Waals surface area (Å²) in [5, 5.41) is 0. The molecular weight excluding hydrogens is 211 g/mol. The van der Waals surface area contributed by atoms with E-state index in [0.29, 0.717) is 6.61 Å². The SMILES string of the molecule is C=CCOP(=O)(C=C(C)C)OCCCC. The van der Waals surface area contributed by atoms with Crippen LogP contribution in [0.4, 0.5) is 0 Å². The number of unbranched alkanes of at least 4 members (excludes halogenated alkanes) is 1. The lowest BCUT2D eigenvalue weighted by Gasteiger charge is -2.14. The molecule has 0 rings (SSSR count). The van der Waals surface area contributed by atoms with Crippen molar-refractivity contribution < 1.29 is 13.6 Å². The van der Waals surface area contributed by atoms with Gasteiger partial charge >= 0.3 is 7.60 Å². The number of allylic oxidation sites excluding steroid dienone is 1. The van der Waals surface area contributed by atoms with Gasteiger partial charge in [0.05, 0.1) is 13.2 Å². The zero-order chi connectivity index (χ0) is 11.7. The molecule has 88 valence electrons. The van der Waals surface area contributed by atoms with Crippen LogP contribution in [0.1, 0.15) is 33.6 Å². The summed E-state index contributed by atoms with van der Waals surface area (Å²) in [6.45, 7) is 10.0. The summed E-state index contributed by atoms with van der Waals surface area (Å²) in [5.41, 5.74) is 0.930. The van der Waals surface area contributed by atoms with Crippen molar-refractivity contribution in [1.82, 2.24) is 0 Å². The van der Waals surface area contributed by atoms with Crippen LogP contribution in [0.25, 0.3) is 0 Å². The Balaban J connectivity index is 4.34. The highest BCUT2D eigenvalue weighted by molar-refractivity contribution is 7.57. The minimum Gasteiger partial charge on any atom is -0.306 e. The van der Waals surface area contributed by atoms with Gasteiger partial charge in [0, 0.05) is 5.82 Å². The van der Waals surface area contributed by atoms with Gasteiger partial charge in [-0.2, -0.15) is 0 Å². The maximum absolute atomic E-state index is 12.1. The lowest BCUT2D eigenvalue weighted by Crippen LogP contribution is -1.96. The molecule has 0 aliphatic rings. The molecule has 1 unspecified atom stereocenters. The van der Waals surface area contributed by atoms with Crippen LogP contribution in [0.3, 0.4) is 0 Å². The standard InChI is InChI=1S/C11H21O3P/c1-5-7-9-14-15(12,10-11(3)4)13-8-6-2/h6,10H,2,5,7-9H2,1,3-4H3. The van der Waals surface area contributed by atoms with E-state index >= 15 is 0 Å². The van der Waals surface area contributed by atoms with Gasteiger partial charge in [0.25, 0.3) is 0 Å². The predicted molar refractivity (Wildman–Crippen MR) is 64.0 cm³/mol. The normalized spacial score (nSPS) is 14.3. The Kier molecular flexibility index (Phi) is 7.67. The molecule has 0 fully saturated rings. The molecule has 0 spiro atoms. The third-order valence-electron chi connectivity index (χ3n) is 1.56. The van der Waals surface area contributed by atoms with E-state index < -0.39 is 7.60 Å². The van der Waals surface area contributed by atoms with Gasteiger partial charge in [-0.05, 0) is 20.3 Å². The second kappa shape index (κ2) is 7.86. The molecule has 0 heterocycles. The largest absolute Gasteiger partial charge is 0.354 e. The van der Waals surface area contributed by atoms with Gasteiger partial charge in [-0.1, -0.05) is 25.0 Å². The highest BCUT2D eigenvalue weighted by atomic mass is 31.2. The average molecular weight is 232 g/mol. The first kappa shape index (κ1) is 14.6. The second-order valence-electron chi connectivity index (χ2n) is 3.52. The van der Waals surface area contributed by atoms with E-state index in [1.807, 2.05) is 13.8 Å². The van der Waals surface area contributed by atoms with Gasteiger partial charge in [0.2, 0.25) is 0 Å². The first-order chi connectivity index (χ1) is 7.04. The number of hydrogen-bond donors (Lipinski definition) is 0. The van der Waals surface area contributed by atoms with Crippen LogP contribution in [-0.4, -0.2) is 13.2 Å². The molecule has 0 aromatic rings. The van der Waals surface area contributed by atoms with Gasteiger partial charge < -0.3 is 9.05 Å². The smallest absolute Gasteiger partial charge is 0.306 e. The van der Waals surface area contributed by atoms with E-state index in [-0.39, 0.29) is 6.61 Å². The van der Waals surface area contributed by atoms with Crippen LogP contribution in [-0.2, 0) is 13.6 Å². The lowest BCUT2D eigenvalue weighted by atomic mass is 10.4. The summed E-state index contributed by atoms with van der Waals surface area (Å²) in [5.74, 6) is 1.56. The fraction of sp³-hybridized carbons (Fsp3) is 0.636. The fourth-order valence-electron chi connectivity index (χ4n) is 0.921. The molecule has 0 aromatic carbocycles. The van der Waals surface area contributed by atoms with Crippen molar-refractivity contribution in [2.75, 3.05) is 13.2 Å². The molecule has 0 aromatic heterocycles. The summed E-state index contributed by atoms with van der Waals surface area (Å²) in [4.78, 5) is 0. The van der Waals surface area contributed by atoms with Crippen molar-refractivity contribution in [1.29, 1.82) is 0 Å². The van der Waals surface area contributed by atoms with Crippen molar-refractivity contribution in [3.05, 3.63) is 24.0 Å². The fourth-order valence-corrected chi connectivity index (χ4v) is 2.47. The van der Waals surface area contributed by atoms with Gasteiger partial charge in [0.15, 0.2) is 0 Å². The Morgan fingerprint density at radius 3 is 2.53 bits per heavy atom. The van der Waals surface area contributed by atoms with E-state index in [1.165, 1.54) is 0 Å². The van der Waals surface area contributed by atoms with Crippen molar-refractivity contribution in [2.24, 2.45) is 0 Å². The van der Waals surface area contributed by atoms with Crippen LogP contribution in [0.15, 0.2) is 24.0 Å². The minimum atomic E-state index is -3.05. The van der Waals surface area contributed by atoms with E-state index in [1.54, 1.807) is 11.9 Å².